The molecule has 5 aromatic rings. The van der Waals surface area contributed by atoms with E-state index in [0.717, 1.165) is 42.7 Å². The molecule has 0 N–H and O–H groups in total. The number of thiazole rings is 2. The van der Waals surface area contributed by atoms with Crippen LogP contribution < -0.4 is 9.60 Å². The summed E-state index contributed by atoms with van der Waals surface area (Å²) >= 11 is 2.91. The standard InChI is InChI=1S/C27H25N5O2S2/c1-14-10-16(3)22-20(12-14)35-26(31(22)5)29-24(33)18-8-7-9-19(28-18)25(34)30-27-32(6)23-17(4)11-15(2)13-21(23)36-27/h7-13H,1-6H3. The van der Waals surface area contributed by atoms with Crippen LogP contribution in [0, 0.1) is 27.7 Å². The Bertz CT molecular complexity index is 1720. The number of carbonyl (C=O) groups is 2. The van der Waals surface area contributed by atoms with Crippen LogP contribution in [0.15, 0.2) is 52.4 Å². The van der Waals surface area contributed by atoms with Gasteiger partial charge in [-0.1, -0.05) is 40.9 Å². The number of hydrogen-bond donors (Lipinski definition) is 0. The third kappa shape index (κ3) is 4.25. The van der Waals surface area contributed by atoms with E-state index in [-0.39, 0.29) is 11.4 Å². The molecule has 0 unspecified atom stereocenters. The van der Waals surface area contributed by atoms with E-state index in [0.29, 0.717) is 9.60 Å². The second-order valence-electron chi connectivity index (χ2n) is 8.99. The molecule has 9 heteroatoms. The maximum atomic E-state index is 13.0. The van der Waals surface area contributed by atoms with Gasteiger partial charge in [-0.25, -0.2) is 4.98 Å². The summed E-state index contributed by atoms with van der Waals surface area (Å²) in [6.07, 6.45) is 0. The van der Waals surface area contributed by atoms with Gasteiger partial charge >= 0.3 is 0 Å². The summed E-state index contributed by atoms with van der Waals surface area (Å²) in [6, 6.07) is 13.2. The Balaban J connectivity index is 1.51. The van der Waals surface area contributed by atoms with Crippen LogP contribution in [0.25, 0.3) is 20.4 Å². The van der Waals surface area contributed by atoms with Crippen molar-refractivity contribution < 1.29 is 9.59 Å². The van der Waals surface area contributed by atoms with Crippen molar-refractivity contribution >= 4 is 54.9 Å². The first kappa shape index (κ1) is 24.0. The molecule has 0 aliphatic rings. The van der Waals surface area contributed by atoms with Gasteiger partial charge in [0.15, 0.2) is 9.60 Å². The zero-order chi connectivity index (χ0) is 25.7. The summed E-state index contributed by atoms with van der Waals surface area (Å²) in [6.45, 7) is 8.19. The molecule has 0 saturated heterocycles. The number of hydrogen-bond acceptors (Lipinski definition) is 5. The Morgan fingerprint density at radius 1 is 0.722 bits per heavy atom. The van der Waals surface area contributed by atoms with E-state index in [4.69, 9.17) is 0 Å². The van der Waals surface area contributed by atoms with Gasteiger partial charge in [-0.15, -0.1) is 0 Å². The average molecular weight is 516 g/mol. The Labute approximate surface area is 215 Å². The molecule has 5 rings (SSSR count). The molecule has 0 saturated carbocycles. The van der Waals surface area contributed by atoms with Gasteiger partial charge < -0.3 is 9.13 Å². The largest absolute Gasteiger partial charge is 0.319 e. The van der Waals surface area contributed by atoms with Crippen molar-refractivity contribution in [2.45, 2.75) is 27.7 Å². The van der Waals surface area contributed by atoms with E-state index >= 15 is 0 Å². The summed E-state index contributed by atoms with van der Waals surface area (Å²) in [5.74, 6) is -1.00. The van der Waals surface area contributed by atoms with Gasteiger partial charge in [-0.2, -0.15) is 9.98 Å². The second kappa shape index (κ2) is 9.07. The van der Waals surface area contributed by atoms with Crippen molar-refractivity contribution in [1.82, 2.24) is 14.1 Å². The fourth-order valence-corrected chi connectivity index (χ4v) is 6.92. The van der Waals surface area contributed by atoms with Crippen LogP contribution in [0.2, 0.25) is 0 Å². The molecule has 7 nitrogen and oxygen atoms in total. The summed E-state index contributed by atoms with van der Waals surface area (Å²) in [5, 5.41) is 0. The number of aromatic nitrogens is 3. The summed E-state index contributed by atoms with van der Waals surface area (Å²) < 4.78 is 5.97. The smallest absolute Gasteiger partial charge is 0.298 e. The lowest BCUT2D eigenvalue weighted by Crippen LogP contribution is -2.16. The van der Waals surface area contributed by atoms with Gasteiger partial charge in [-0.05, 0) is 74.2 Å². The first-order chi connectivity index (χ1) is 17.1. The maximum absolute atomic E-state index is 13.0. The van der Waals surface area contributed by atoms with Crippen LogP contribution >= 0.6 is 22.7 Å². The van der Waals surface area contributed by atoms with Gasteiger partial charge in [-0.3, -0.25) is 9.59 Å². The Hall–Kier alpha value is -3.69. The van der Waals surface area contributed by atoms with Crippen molar-refractivity contribution in [2.75, 3.05) is 0 Å². The SMILES string of the molecule is Cc1cc(C)c2c(c1)sc(=NC(=O)c1cccc(C(=O)N=c3sc4cc(C)cc(C)c4n3C)n1)n2C. The Morgan fingerprint density at radius 3 is 1.56 bits per heavy atom. The highest BCUT2D eigenvalue weighted by molar-refractivity contribution is 7.16. The zero-order valence-electron chi connectivity index (χ0n) is 20.9. The first-order valence-corrected chi connectivity index (χ1v) is 13.0. The molecular weight excluding hydrogens is 490 g/mol. The van der Waals surface area contributed by atoms with Gasteiger partial charge in [0, 0.05) is 14.1 Å². The number of nitrogens with zero attached hydrogens (tertiary/aromatic N) is 5. The topological polar surface area (TPSA) is 81.6 Å². The number of fused-ring (bicyclic) bond motifs is 2. The number of aryl methyl sites for hydroxylation is 6. The molecule has 0 aliphatic carbocycles. The number of amides is 2. The minimum atomic E-state index is -0.500. The normalized spacial score (nSPS) is 12.7. The number of carbonyl (C=O) groups excluding carboxylic acids is 2. The number of rotatable bonds is 2. The zero-order valence-corrected chi connectivity index (χ0v) is 22.5. The third-order valence-electron chi connectivity index (χ3n) is 6.05. The van der Waals surface area contributed by atoms with Crippen LogP contribution in [0.3, 0.4) is 0 Å². The molecule has 36 heavy (non-hydrogen) atoms. The lowest BCUT2D eigenvalue weighted by Gasteiger charge is -2.02. The first-order valence-electron chi connectivity index (χ1n) is 11.4. The van der Waals surface area contributed by atoms with Gasteiger partial charge in [0.2, 0.25) is 0 Å². The predicted molar refractivity (Wildman–Crippen MR) is 145 cm³/mol. The monoisotopic (exact) mass is 515 g/mol. The second-order valence-corrected chi connectivity index (χ2v) is 11.0. The van der Waals surface area contributed by atoms with Crippen LogP contribution in [0.1, 0.15) is 43.2 Å². The minimum absolute atomic E-state index is 0.105. The van der Waals surface area contributed by atoms with Crippen molar-refractivity contribution in [1.29, 1.82) is 0 Å². The molecule has 3 heterocycles. The summed E-state index contributed by atoms with van der Waals surface area (Å²) in [5.41, 5.74) is 6.89. The van der Waals surface area contributed by atoms with Crippen LogP contribution in [0.4, 0.5) is 0 Å². The lowest BCUT2D eigenvalue weighted by atomic mass is 10.1. The van der Waals surface area contributed by atoms with E-state index in [2.05, 4.69) is 39.2 Å². The Kier molecular flexibility index (Phi) is 6.05. The molecule has 0 radical (unpaired) electrons. The molecule has 3 aromatic heterocycles. The quantitative estimate of drug-likeness (QED) is 0.335. The lowest BCUT2D eigenvalue weighted by molar-refractivity contribution is 0.0989. The molecule has 0 fully saturated rings. The number of pyridine rings is 1. The van der Waals surface area contributed by atoms with Crippen molar-refractivity contribution in [2.24, 2.45) is 24.1 Å². The molecule has 2 aromatic carbocycles. The van der Waals surface area contributed by atoms with Gasteiger partial charge in [0.25, 0.3) is 11.8 Å². The molecule has 0 bridgehead atoms. The molecular formula is C27H25N5O2S2. The van der Waals surface area contributed by atoms with Crippen LogP contribution in [-0.4, -0.2) is 25.9 Å². The van der Waals surface area contributed by atoms with E-state index in [1.54, 1.807) is 18.2 Å². The molecule has 0 spiro atoms. The van der Waals surface area contributed by atoms with E-state index in [1.807, 2.05) is 50.9 Å². The van der Waals surface area contributed by atoms with E-state index in [1.165, 1.54) is 22.7 Å². The molecule has 182 valence electrons. The minimum Gasteiger partial charge on any atom is -0.319 e. The molecule has 2 amide bonds. The van der Waals surface area contributed by atoms with Gasteiger partial charge in [0.05, 0.1) is 20.4 Å². The fraction of sp³-hybridized carbons (Fsp3) is 0.222. The highest BCUT2D eigenvalue weighted by Gasteiger charge is 2.14. The molecule has 0 aliphatic heterocycles. The Morgan fingerprint density at radius 2 is 1.14 bits per heavy atom. The maximum Gasteiger partial charge on any atom is 0.298 e. The van der Waals surface area contributed by atoms with Crippen molar-refractivity contribution in [3.63, 3.8) is 0 Å². The van der Waals surface area contributed by atoms with Crippen LogP contribution in [0.5, 0.6) is 0 Å². The van der Waals surface area contributed by atoms with E-state index in [9.17, 15) is 9.59 Å². The van der Waals surface area contributed by atoms with Gasteiger partial charge in [0.1, 0.15) is 11.4 Å². The van der Waals surface area contributed by atoms with Crippen molar-refractivity contribution in [3.05, 3.63) is 85.7 Å². The summed E-state index contributed by atoms with van der Waals surface area (Å²) in [4.78, 5) is 40.1. The van der Waals surface area contributed by atoms with Crippen molar-refractivity contribution in [3.8, 4) is 0 Å². The highest BCUT2D eigenvalue weighted by Crippen LogP contribution is 2.23. The predicted octanol–water partition coefficient (Wildman–Crippen LogP) is 4.90. The number of benzene rings is 2. The summed E-state index contributed by atoms with van der Waals surface area (Å²) in [7, 11) is 3.79. The average Bonchev–Trinajstić information content (AvgIpc) is 3.29. The third-order valence-corrected chi connectivity index (χ3v) is 8.21. The highest BCUT2D eigenvalue weighted by atomic mass is 32.1. The van der Waals surface area contributed by atoms with E-state index < -0.39 is 11.8 Å². The molecule has 0 atom stereocenters. The fourth-order valence-electron chi connectivity index (χ4n) is 4.54. The van der Waals surface area contributed by atoms with Crippen LogP contribution in [-0.2, 0) is 14.1 Å².